The van der Waals surface area contributed by atoms with Crippen molar-refractivity contribution in [2.75, 3.05) is 24.5 Å². The van der Waals surface area contributed by atoms with Gasteiger partial charge in [-0.1, -0.05) is 13.0 Å². The molecule has 122 valence electrons. The van der Waals surface area contributed by atoms with E-state index >= 15 is 0 Å². The van der Waals surface area contributed by atoms with Crippen LogP contribution >= 0.6 is 0 Å². The molecule has 0 amide bonds. The molecule has 0 aliphatic carbocycles. The Morgan fingerprint density at radius 2 is 2.27 bits per heavy atom. The lowest BCUT2D eigenvalue weighted by molar-refractivity contribution is 0.104. The van der Waals surface area contributed by atoms with Crippen LogP contribution in [0.4, 0.5) is 5.69 Å². The molecule has 2 unspecified atom stereocenters. The van der Waals surface area contributed by atoms with Crippen LogP contribution in [-0.2, 0) is 0 Å². The van der Waals surface area contributed by atoms with Gasteiger partial charge in [0, 0.05) is 12.6 Å². The number of aliphatic hydroxyl groups is 1. The van der Waals surface area contributed by atoms with Crippen molar-refractivity contribution in [2.24, 2.45) is 0 Å². The largest absolute Gasteiger partial charge is 0.484 e. The number of benzene rings is 1. The Hall–Kier alpha value is -1.26. The highest BCUT2D eigenvalue weighted by Gasteiger charge is 2.32. The van der Waals surface area contributed by atoms with Crippen molar-refractivity contribution >= 4 is 5.69 Å². The fourth-order valence-electron chi connectivity index (χ4n) is 3.61. The summed E-state index contributed by atoms with van der Waals surface area (Å²) in [4.78, 5) is 2.39. The van der Waals surface area contributed by atoms with Crippen molar-refractivity contribution in [1.29, 1.82) is 0 Å². The fourth-order valence-corrected chi connectivity index (χ4v) is 3.61. The van der Waals surface area contributed by atoms with Crippen molar-refractivity contribution in [3.8, 4) is 5.75 Å². The quantitative estimate of drug-likeness (QED) is 0.898. The van der Waals surface area contributed by atoms with Gasteiger partial charge in [0.2, 0.25) is 0 Å². The molecular formula is C18H28N2O2. The van der Waals surface area contributed by atoms with E-state index in [1.165, 1.54) is 0 Å². The van der Waals surface area contributed by atoms with E-state index in [1.807, 2.05) is 12.1 Å². The van der Waals surface area contributed by atoms with E-state index in [-0.39, 0.29) is 11.6 Å². The van der Waals surface area contributed by atoms with E-state index in [4.69, 9.17) is 4.74 Å². The third-order valence-corrected chi connectivity index (χ3v) is 4.60. The highest BCUT2D eigenvalue weighted by molar-refractivity contribution is 5.62. The van der Waals surface area contributed by atoms with Gasteiger partial charge in [-0.2, -0.15) is 0 Å². The Balaban J connectivity index is 1.89. The highest BCUT2D eigenvalue weighted by Crippen LogP contribution is 2.39. The summed E-state index contributed by atoms with van der Waals surface area (Å²) in [6.45, 7) is 9.36. The zero-order valence-electron chi connectivity index (χ0n) is 13.9. The summed E-state index contributed by atoms with van der Waals surface area (Å²) in [7, 11) is 0. The molecule has 1 aromatic carbocycles. The summed E-state index contributed by atoms with van der Waals surface area (Å²) in [5.74, 6) is 0.931. The minimum atomic E-state index is -0.439. The standard InChI is InChI=1S/C18H28N2O2/c1-4-10-20-12-18(2,3)22-16-8-7-13(11-15(16)20)17(21)14-6-5-9-19-14/h7-8,11,14,17,19,21H,4-6,9-10,12H2,1-3H3. The normalized spacial score (nSPS) is 24.7. The number of fused-ring (bicyclic) bond motifs is 1. The van der Waals surface area contributed by atoms with Gasteiger partial charge in [0.25, 0.3) is 0 Å². The summed E-state index contributed by atoms with van der Waals surface area (Å²) < 4.78 is 6.12. The molecule has 22 heavy (non-hydrogen) atoms. The molecule has 2 aliphatic heterocycles. The third kappa shape index (κ3) is 3.08. The number of nitrogens with one attached hydrogen (secondary N) is 1. The maximum atomic E-state index is 10.6. The SMILES string of the molecule is CCCN1CC(C)(C)Oc2ccc(C(O)C3CCCN3)cc21. The van der Waals surface area contributed by atoms with Crippen molar-refractivity contribution in [3.63, 3.8) is 0 Å². The average Bonchev–Trinajstić information content (AvgIpc) is 2.99. The van der Waals surface area contributed by atoms with Crippen LogP contribution in [0.2, 0.25) is 0 Å². The van der Waals surface area contributed by atoms with Crippen LogP contribution < -0.4 is 15.0 Å². The number of hydrogen-bond acceptors (Lipinski definition) is 4. The van der Waals surface area contributed by atoms with E-state index in [0.29, 0.717) is 0 Å². The third-order valence-electron chi connectivity index (χ3n) is 4.60. The molecule has 0 radical (unpaired) electrons. The monoisotopic (exact) mass is 304 g/mol. The molecule has 1 saturated heterocycles. The van der Waals surface area contributed by atoms with Gasteiger partial charge >= 0.3 is 0 Å². The lowest BCUT2D eigenvalue weighted by Crippen LogP contribution is -2.47. The Morgan fingerprint density at radius 1 is 1.45 bits per heavy atom. The van der Waals surface area contributed by atoms with Crippen LogP contribution in [0.25, 0.3) is 0 Å². The molecule has 4 nitrogen and oxygen atoms in total. The molecule has 0 bridgehead atoms. The number of ether oxygens (including phenoxy) is 1. The Bertz CT molecular complexity index is 524. The van der Waals surface area contributed by atoms with Crippen LogP contribution in [0.1, 0.15) is 51.7 Å². The van der Waals surface area contributed by atoms with Crippen molar-refractivity contribution < 1.29 is 9.84 Å². The van der Waals surface area contributed by atoms with Gasteiger partial charge in [0.15, 0.2) is 0 Å². The predicted octanol–water partition coefficient (Wildman–Crippen LogP) is 2.86. The summed E-state index contributed by atoms with van der Waals surface area (Å²) in [5, 5.41) is 14.0. The molecule has 1 fully saturated rings. The number of anilines is 1. The van der Waals surface area contributed by atoms with Gasteiger partial charge in [-0.05, 0) is 57.4 Å². The smallest absolute Gasteiger partial charge is 0.143 e. The topological polar surface area (TPSA) is 44.7 Å². The first-order chi connectivity index (χ1) is 10.5. The molecular weight excluding hydrogens is 276 g/mol. The summed E-state index contributed by atoms with van der Waals surface area (Å²) in [5.41, 5.74) is 1.94. The summed E-state index contributed by atoms with van der Waals surface area (Å²) in [6, 6.07) is 6.32. The first-order valence-electron chi connectivity index (χ1n) is 8.49. The second kappa shape index (κ2) is 6.09. The van der Waals surface area contributed by atoms with Gasteiger partial charge in [-0.25, -0.2) is 0 Å². The van der Waals surface area contributed by atoms with Crippen LogP contribution in [0, 0.1) is 0 Å². The van der Waals surface area contributed by atoms with Gasteiger partial charge in [-0.3, -0.25) is 0 Å². The van der Waals surface area contributed by atoms with Crippen molar-refractivity contribution in [1.82, 2.24) is 5.32 Å². The molecule has 1 aromatic rings. The maximum absolute atomic E-state index is 10.6. The van der Waals surface area contributed by atoms with Gasteiger partial charge in [-0.15, -0.1) is 0 Å². The Morgan fingerprint density at radius 3 is 2.95 bits per heavy atom. The number of rotatable bonds is 4. The second-order valence-corrected chi connectivity index (χ2v) is 7.16. The lowest BCUT2D eigenvalue weighted by Gasteiger charge is -2.41. The van der Waals surface area contributed by atoms with E-state index < -0.39 is 6.10 Å². The summed E-state index contributed by atoms with van der Waals surface area (Å²) >= 11 is 0. The molecule has 2 atom stereocenters. The molecule has 0 aromatic heterocycles. The lowest BCUT2D eigenvalue weighted by atomic mass is 9.98. The van der Waals surface area contributed by atoms with Gasteiger partial charge < -0.3 is 20.1 Å². The van der Waals surface area contributed by atoms with E-state index in [1.54, 1.807) is 0 Å². The molecule has 4 heteroatoms. The number of hydrogen-bond donors (Lipinski definition) is 2. The van der Waals surface area contributed by atoms with Crippen LogP contribution in [0.5, 0.6) is 5.75 Å². The van der Waals surface area contributed by atoms with Crippen LogP contribution in [0.15, 0.2) is 18.2 Å². The zero-order valence-corrected chi connectivity index (χ0v) is 13.9. The first-order valence-corrected chi connectivity index (χ1v) is 8.49. The van der Waals surface area contributed by atoms with Crippen molar-refractivity contribution in [2.45, 2.75) is 57.8 Å². The predicted molar refractivity (Wildman–Crippen MR) is 89.6 cm³/mol. The molecule has 0 spiro atoms. The van der Waals surface area contributed by atoms with Gasteiger partial charge in [0.05, 0.1) is 18.3 Å². The molecule has 3 rings (SSSR count). The van der Waals surface area contributed by atoms with Crippen LogP contribution in [0.3, 0.4) is 0 Å². The van der Waals surface area contributed by atoms with E-state index in [2.05, 4.69) is 37.1 Å². The molecule has 2 N–H and O–H groups in total. The van der Waals surface area contributed by atoms with E-state index in [0.717, 1.165) is 55.9 Å². The van der Waals surface area contributed by atoms with Gasteiger partial charge in [0.1, 0.15) is 11.4 Å². The fraction of sp³-hybridized carbons (Fsp3) is 0.667. The average molecular weight is 304 g/mol. The number of aliphatic hydroxyl groups excluding tert-OH is 1. The van der Waals surface area contributed by atoms with E-state index in [9.17, 15) is 5.11 Å². The summed E-state index contributed by atoms with van der Waals surface area (Å²) in [6.07, 6.45) is 2.85. The Kier molecular flexibility index (Phi) is 4.33. The molecule has 2 heterocycles. The van der Waals surface area contributed by atoms with Crippen LogP contribution in [-0.4, -0.2) is 36.4 Å². The maximum Gasteiger partial charge on any atom is 0.143 e. The second-order valence-electron chi connectivity index (χ2n) is 7.16. The highest BCUT2D eigenvalue weighted by atomic mass is 16.5. The zero-order chi connectivity index (χ0) is 15.7. The van der Waals surface area contributed by atoms with Crippen molar-refractivity contribution in [3.05, 3.63) is 23.8 Å². The molecule has 2 aliphatic rings. The molecule has 0 saturated carbocycles. The number of nitrogens with zero attached hydrogens (tertiary/aromatic N) is 1. The minimum Gasteiger partial charge on any atom is -0.484 e. The Labute approximate surface area is 133 Å². The minimum absolute atomic E-state index is 0.171. The first kappa shape index (κ1) is 15.6.